The van der Waals surface area contributed by atoms with Gasteiger partial charge < -0.3 is 14.2 Å². The monoisotopic (exact) mass is 595 g/mol. The first-order valence-electron chi connectivity index (χ1n) is 15.9. The molecule has 232 valence electrons. The standard InChI is InChI=1S/C32H41N3O8/c33-20-32(35-17-16-25(36)34-31(35)40)18-24(19-41-28(37)21-10-4-1-5-11-21)26(42-29(38)22-12-6-2-7-13-22)27(32)43-30(39)23-14-8-3-9-15-23/h16-17,21-23,27H,1-15,18-19H2,(H,34,36,40)/t27?,32-/m0/s1. The molecular weight excluding hydrogens is 554 g/mol. The number of hydrogen-bond donors (Lipinski definition) is 1. The third-order valence-electron chi connectivity index (χ3n) is 9.60. The van der Waals surface area contributed by atoms with E-state index in [4.69, 9.17) is 14.2 Å². The van der Waals surface area contributed by atoms with Gasteiger partial charge >= 0.3 is 23.6 Å². The lowest BCUT2D eigenvalue weighted by Gasteiger charge is -2.33. The Bertz CT molecular complexity index is 1390. The number of hydrogen-bond acceptors (Lipinski definition) is 9. The van der Waals surface area contributed by atoms with Crippen molar-refractivity contribution in [1.29, 1.82) is 5.26 Å². The Balaban J connectivity index is 1.53. The summed E-state index contributed by atoms with van der Waals surface area (Å²) in [6.07, 6.45) is 12.1. The molecule has 0 radical (unpaired) electrons. The largest absolute Gasteiger partial charge is 0.461 e. The number of esters is 3. The Morgan fingerprint density at radius 1 is 0.837 bits per heavy atom. The summed E-state index contributed by atoms with van der Waals surface area (Å²) < 4.78 is 18.8. The Morgan fingerprint density at radius 2 is 1.37 bits per heavy atom. The molecule has 0 amide bonds. The van der Waals surface area contributed by atoms with Crippen molar-refractivity contribution in [2.45, 2.75) is 114 Å². The molecule has 1 aromatic heterocycles. The third-order valence-corrected chi connectivity index (χ3v) is 9.60. The van der Waals surface area contributed by atoms with E-state index in [1.54, 1.807) is 0 Å². The smallest absolute Gasteiger partial charge is 0.329 e. The second-order valence-electron chi connectivity index (χ2n) is 12.5. The molecule has 11 nitrogen and oxygen atoms in total. The molecule has 1 unspecified atom stereocenters. The van der Waals surface area contributed by atoms with Crippen LogP contribution in [0.3, 0.4) is 0 Å². The van der Waals surface area contributed by atoms with Gasteiger partial charge in [-0.1, -0.05) is 57.8 Å². The summed E-state index contributed by atoms with van der Waals surface area (Å²) >= 11 is 0. The molecular formula is C32H41N3O8. The maximum absolute atomic E-state index is 13.5. The number of nitrogens with zero attached hydrogens (tertiary/aromatic N) is 2. The number of carbonyl (C=O) groups is 3. The van der Waals surface area contributed by atoms with Gasteiger partial charge in [-0.3, -0.25) is 28.7 Å². The molecule has 0 aromatic carbocycles. The van der Waals surface area contributed by atoms with Crippen molar-refractivity contribution in [3.05, 3.63) is 44.4 Å². The predicted octanol–water partition coefficient (Wildman–Crippen LogP) is 4.15. The molecule has 0 aliphatic heterocycles. The van der Waals surface area contributed by atoms with E-state index in [0.717, 1.165) is 81.3 Å². The van der Waals surface area contributed by atoms with Crippen LogP contribution in [0.2, 0.25) is 0 Å². The normalized spacial score (nSPS) is 25.6. The van der Waals surface area contributed by atoms with Crippen LogP contribution in [0, 0.1) is 29.1 Å². The molecule has 3 fully saturated rings. The number of aromatic nitrogens is 2. The molecule has 1 heterocycles. The first kappa shape index (κ1) is 30.8. The summed E-state index contributed by atoms with van der Waals surface area (Å²) in [7, 11) is 0. The van der Waals surface area contributed by atoms with Crippen LogP contribution in [0.25, 0.3) is 0 Å². The summed E-state index contributed by atoms with van der Waals surface area (Å²) in [6, 6.07) is 3.27. The zero-order valence-electron chi connectivity index (χ0n) is 24.6. The van der Waals surface area contributed by atoms with Crippen molar-refractivity contribution >= 4 is 17.9 Å². The average Bonchev–Trinajstić information content (AvgIpc) is 3.33. The van der Waals surface area contributed by atoms with Crippen molar-refractivity contribution in [3.8, 4) is 6.07 Å². The van der Waals surface area contributed by atoms with Crippen LogP contribution >= 0.6 is 0 Å². The van der Waals surface area contributed by atoms with Crippen molar-refractivity contribution in [2.24, 2.45) is 17.8 Å². The number of aromatic amines is 1. The number of nitriles is 1. The van der Waals surface area contributed by atoms with Gasteiger partial charge in [-0.15, -0.1) is 0 Å². The lowest BCUT2D eigenvalue weighted by molar-refractivity contribution is -0.162. The fourth-order valence-corrected chi connectivity index (χ4v) is 7.10. The molecule has 0 spiro atoms. The van der Waals surface area contributed by atoms with Crippen molar-refractivity contribution in [1.82, 2.24) is 9.55 Å². The molecule has 5 rings (SSSR count). The summed E-state index contributed by atoms with van der Waals surface area (Å²) in [5, 5.41) is 10.7. The Morgan fingerprint density at radius 3 is 1.91 bits per heavy atom. The van der Waals surface area contributed by atoms with E-state index < -0.39 is 34.8 Å². The van der Waals surface area contributed by atoms with Gasteiger partial charge in [-0.05, 0) is 38.5 Å². The molecule has 2 atom stereocenters. The zero-order chi connectivity index (χ0) is 30.4. The van der Waals surface area contributed by atoms with E-state index in [2.05, 4.69) is 11.1 Å². The van der Waals surface area contributed by atoms with E-state index in [1.165, 1.54) is 6.20 Å². The molecule has 4 aliphatic carbocycles. The highest BCUT2D eigenvalue weighted by Gasteiger charge is 2.56. The molecule has 1 aromatic rings. The van der Waals surface area contributed by atoms with Crippen LogP contribution in [0.4, 0.5) is 0 Å². The SMILES string of the molecule is N#C[C@@]1(n2ccc(=O)[nH]c2=O)CC(COC(=O)C2CCCCC2)=C(OC(=O)C2CCCCC2)C1OC(=O)C1CCCCC1. The van der Waals surface area contributed by atoms with Gasteiger partial charge in [-0.25, -0.2) is 4.79 Å². The highest BCUT2D eigenvalue weighted by molar-refractivity contribution is 5.76. The van der Waals surface area contributed by atoms with Gasteiger partial charge in [-0.2, -0.15) is 5.26 Å². The number of rotatable bonds is 8. The van der Waals surface area contributed by atoms with Crippen LogP contribution in [0.1, 0.15) is 103 Å². The van der Waals surface area contributed by atoms with Gasteiger partial charge in [0.05, 0.1) is 23.8 Å². The van der Waals surface area contributed by atoms with Crippen molar-refractivity contribution in [2.75, 3.05) is 6.61 Å². The molecule has 1 N–H and O–H groups in total. The molecule has 11 heteroatoms. The maximum atomic E-state index is 13.5. The van der Waals surface area contributed by atoms with E-state index in [0.29, 0.717) is 31.3 Å². The number of carbonyl (C=O) groups excluding carboxylic acids is 3. The molecule has 0 bridgehead atoms. The van der Waals surface area contributed by atoms with Gasteiger partial charge in [0.1, 0.15) is 6.61 Å². The fourth-order valence-electron chi connectivity index (χ4n) is 7.10. The zero-order valence-corrected chi connectivity index (χ0v) is 24.6. The van der Waals surface area contributed by atoms with Crippen LogP contribution in [0.15, 0.2) is 33.2 Å². The first-order valence-corrected chi connectivity index (χ1v) is 15.9. The molecule has 4 aliphatic rings. The molecule has 3 saturated carbocycles. The Labute approximate surface area is 250 Å². The summed E-state index contributed by atoms with van der Waals surface area (Å²) in [5.74, 6) is -2.42. The van der Waals surface area contributed by atoms with Gasteiger partial charge in [0, 0.05) is 24.3 Å². The third kappa shape index (κ3) is 6.78. The fraction of sp³-hybridized carbons (Fsp3) is 0.688. The second kappa shape index (κ2) is 13.7. The topological polar surface area (TPSA) is 158 Å². The van der Waals surface area contributed by atoms with Crippen LogP contribution < -0.4 is 11.2 Å². The maximum Gasteiger partial charge on any atom is 0.329 e. The van der Waals surface area contributed by atoms with E-state index in [9.17, 15) is 29.2 Å². The minimum absolute atomic E-state index is 0.0594. The highest BCUT2D eigenvalue weighted by atomic mass is 16.6. The molecule has 43 heavy (non-hydrogen) atoms. The molecule has 0 saturated heterocycles. The van der Waals surface area contributed by atoms with Crippen molar-refractivity contribution < 1.29 is 28.6 Å². The lowest BCUT2D eigenvalue weighted by atomic mass is 9.89. The van der Waals surface area contributed by atoms with Gasteiger partial charge in [0.25, 0.3) is 5.56 Å². The lowest BCUT2D eigenvalue weighted by Crippen LogP contribution is -2.51. The van der Waals surface area contributed by atoms with Crippen LogP contribution in [-0.2, 0) is 34.1 Å². The average molecular weight is 596 g/mol. The van der Waals surface area contributed by atoms with Crippen LogP contribution in [-0.4, -0.2) is 40.2 Å². The van der Waals surface area contributed by atoms with Gasteiger partial charge in [0.2, 0.25) is 0 Å². The Hall–Kier alpha value is -3.68. The van der Waals surface area contributed by atoms with E-state index in [-0.39, 0.29) is 42.5 Å². The quantitative estimate of drug-likeness (QED) is 0.344. The first-order chi connectivity index (χ1) is 20.8. The summed E-state index contributed by atoms with van der Waals surface area (Å²) in [4.78, 5) is 67.1. The second-order valence-corrected chi connectivity index (χ2v) is 12.5. The van der Waals surface area contributed by atoms with E-state index in [1.807, 2.05) is 0 Å². The van der Waals surface area contributed by atoms with Crippen LogP contribution in [0.5, 0.6) is 0 Å². The number of H-pyrrole nitrogens is 1. The summed E-state index contributed by atoms with van der Waals surface area (Å²) in [5.41, 5.74) is -3.09. The van der Waals surface area contributed by atoms with Crippen molar-refractivity contribution in [3.63, 3.8) is 0 Å². The minimum Gasteiger partial charge on any atom is -0.461 e. The van der Waals surface area contributed by atoms with Gasteiger partial charge in [0.15, 0.2) is 17.4 Å². The number of ether oxygens (including phenoxy) is 3. The Kier molecular flexibility index (Phi) is 9.83. The van der Waals surface area contributed by atoms with E-state index >= 15 is 0 Å². The summed E-state index contributed by atoms with van der Waals surface area (Å²) in [6.45, 7) is -0.276. The highest BCUT2D eigenvalue weighted by Crippen LogP contribution is 2.44. The minimum atomic E-state index is -1.87. The predicted molar refractivity (Wildman–Crippen MR) is 153 cm³/mol. The number of nitrogens with one attached hydrogen (secondary N) is 1.